The van der Waals surface area contributed by atoms with Gasteiger partial charge in [0, 0.05) is 12.5 Å². The van der Waals surface area contributed by atoms with Crippen molar-refractivity contribution in [3.63, 3.8) is 0 Å². The molecule has 0 aliphatic heterocycles. The van der Waals surface area contributed by atoms with Gasteiger partial charge in [-0.1, -0.05) is 33.1 Å². The molecule has 1 aliphatic rings. The van der Waals surface area contributed by atoms with Crippen molar-refractivity contribution in [2.24, 2.45) is 5.92 Å². The average Bonchev–Trinajstić information content (AvgIpc) is 2.33. The molecular formula is C12H23NO. The maximum Gasteiger partial charge on any atom is 0.220 e. The number of rotatable bonds is 3. The minimum Gasteiger partial charge on any atom is -0.353 e. The van der Waals surface area contributed by atoms with Gasteiger partial charge in [-0.15, -0.1) is 0 Å². The first-order valence-electron chi connectivity index (χ1n) is 6.03. The van der Waals surface area contributed by atoms with Gasteiger partial charge in [-0.2, -0.15) is 0 Å². The fourth-order valence-corrected chi connectivity index (χ4v) is 2.21. The van der Waals surface area contributed by atoms with Crippen LogP contribution in [0.5, 0.6) is 0 Å². The summed E-state index contributed by atoms with van der Waals surface area (Å²) in [5.41, 5.74) is 0. The van der Waals surface area contributed by atoms with E-state index in [1.54, 1.807) is 0 Å². The van der Waals surface area contributed by atoms with E-state index in [-0.39, 0.29) is 5.91 Å². The van der Waals surface area contributed by atoms with Gasteiger partial charge >= 0.3 is 0 Å². The summed E-state index contributed by atoms with van der Waals surface area (Å²) in [6.07, 6.45) is 8.04. The Morgan fingerprint density at radius 3 is 2.71 bits per heavy atom. The summed E-state index contributed by atoms with van der Waals surface area (Å²) in [5.74, 6) is 0.907. The highest BCUT2D eigenvalue weighted by Crippen LogP contribution is 2.22. The highest BCUT2D eigenvalue weighted by Gasteiger charge is 2.20. The van der Waals surface area contributed by atoms with Gasteiger partial charge in [-0.3, -0.25) is 4.79 Å². The van der Waals surface area contributed by atoms with Crippen LogP contribution in [0.4, 0.5) is 0 Å². The van der Waals surface area contributed by atoms with Crippen LogP contribution in [0.25, 0.3) is 0 Å². The van der Waals surface area contributed by atoms with Crippen LogP contribution < -0.4 is 5.32 Å². The van der Waals surface area contributed by atoms with E-state index in [0.29, 0.717) is 18.4 Å². The molecule has 1 saturated carbocycles. The molecular weight excluding hydrogens is 174 g/mol. The van der Waals surface area contributed by atoms with Crippen molar-refractivity contribution >= 4 is 5.91 Å². The molecule has 1 amide bonds. The fraction of sp³-hybridized carbons (Fsp3) is 0.917. The zero-order valence-corrected chi connectivity index (χ0v) is 9.51. The van der Waals surface area contributed by atoms with Gasteiger partial charge in [-0.05, 0) is 25.2 Å². The van der Waals surface area contributed by atoms with Crippen molar-refractivity contribution in [3.05, 3.63) is 0 Å². The number of nitrogens with one attached hydrogen (secondary N) is 1. The predicted molar refractivity (Wildman–Crippen MR) is 59.1 cm³/mol. The second-order valence-corrected chi connectivity index (χ2v) is 4.54. The summed E-state index contributed by atoms with van der Waals surface area (Å²) < 4.78 is 0. The molecule has 1 N–H and O–H groups in total. The normalized spacial score (nSPS) is 28.1. The molecule has 0 heterocycles. The highest BCUT2D eigenvalue weighted by molar-refractivity contribution is 5.76. The fourth-order valence-electron chi connectivity index (χ4n) is 2.21. The zero-order valence-electron chi connectivity index (χ0n) is 9.51. The molecule has 1 rings (SSSR count). The van der Waals surface area contributed by atoms with E-state index in [1.165, 1.54) is 32.1 Å². The average molecular weight is 197 g/mol. The van der Waals surface area contributed by atoms with Gasteiger partial charge < -0.3 is 5.32 Å². The Morgan fingerprint density at radius 1 is 1.29 bits per heavy atom. The Morgan fingerprint density at radius 2 is 2.00 bits per heavy atom. The lowest BCUT2D eigenvalue weighted by molar-refractivity contribution is -0.122. The molecule has 0 spiro atoms. The molecule has 1 fully saturated rings. The second kappa shape index (κ2) is 6.05. The smallest absolute Gasteiger partial charge is 0.220 e. The first kappa shape index (κ1) is 11.5. The monoisotopic (exact) mass is 197 g/mol. The van der Waals surface area contributed by atoms with E-state index in [2.05, 4.69) is 19.2 Å². The molecule has 0 saturated heterocycles. The number of hydrogen-bond donors (Lipinski definition) is 1. The van der Waals surface area contributed by atoms with E-state index in [1.807, 2.05) is 0 Å². The highest BCUT2D eigenvalue weighted by atomic mass is 16.1. The summed E-state index contributed by atoms with van der Waals surface area (Å²) in [5, 5.41) is 3.17. The van der Waals surface area contributed by atoms with Crippen LogP contribution in [0, 0.1) is 5.92 Å². The van der Waals surface area contributed by atoms with Crippen molar-refractivity contribution in [3.8, 4) is 0 Å². The van der Waals surface area contributed by atoms with Crippen LogP contribution in [-0.4, -0.2) is 11.9 Å². The lowest BCUT2D eigenvalue weighted by Crippen LogP contribution is -2.38. The van der Waals surface area contributed by atoms with Crippen molar-refractivity contribution < 1.29 is 4.79 Å². The molecule has 14 heavy (non-hydrogen) atoms. The predicted octanol–water partition coefficient (Wildman–Crippen LogP) is 2.87. The maximum absolute atomic E-state index is 11.5. The van der Waals surface area contributed by atoms with E-state index in [0.717, 1.165) is 6.42 Å². The van der Waals surface area contributed by atoms with Gasteiger partial charge in [0.2, 0.25) is 5.91 Å². The Balaban J connectivity index is 2.36. The number of hydrogen-bond acceptors (Lipinski definition) is 1. The Labute approximate surface area is 87.5 Å². The third-order valence-electron chi connectivity index (χ3n) is 3.18. The number of carbonyl (C=O) groups is 1. The first-order valence-corrected chi connectivity index (χ1v) is 6.03. The quantitative estimate of drug-likeness (QED) is 0.692. The summed E-state index contributed by atoms with van der Waals surface area (Å²) in [6, 6.07) is 0.441. The van der Waals surface area contributed by atoms with Crippen LogP contribution in [0.2, 0.25) is 0 Å². The van der Waals surface area contributed by atoms with Crippen LogP contribution in [-0.2, 0) is 4.79 Å². The van der Waals surface area contributed by atoms with Gasteiger partial charge in [0.1, 0.15) is 0 Å². The van der Waals surface area contributed by atoms with Crippen molar-refractivity contribution in [1.29, 1.82) is 0 Å². The van der Waals surface area contributed by atoms with E-state index in [9.17, 15) is 4.79 Å². The van der Waals surface area contributed by atoms with Gasteiger partial charge in [0.05, 0.1) is 0 Å². The minimum atomic E-state index is 0.242. The summed E-state index contributed by atoms with van der Waals surface area (Å²) in [6.45, 7) is 4.32. The molecule has 2 unspecified atom stereocenters. The first-order chi connectivity index (χ1) is 6.74. The van der Waals surface area contributed by atoms with Crippen LogP contribution in [0.1, 0.15) is 58.8 Å². The Bertz CT molecular complexity index is 179. The Kier molecular flexibility index (Phi) is 4.99. The van der Waals surface area contributed by atoms with E-state index < -0.39 is 0 Å². The van der Waals surface area contributed by atoms with Crippen LogP contribution in [0.3, 0.4) is 0 Å². The van der Waals surface area contributed by atoms with Crippen molar-refractivity contribution in [1.82, 2.24) is 5.32 Å². The van der Waals surface area contributed by atoms with E-state index >= 15 is 0 Å². The number of amides is 1. The van der Waals surface area contributed by atoms with Gasteiger partial charge in [0.15, 0.2) is 0 Å². The van der Waals surface area contributed by atoms with E-state index in [4.69, 9.17) is 0 Å². The third-order valence-corrected chi connectivity index (χ3v) is 3.18. The lowest BCUT2D eigenvalue weighted by Gasteiger charge is -2.22. The van der Waals surface area contributed by atoms with Crippen molar-refractivity contribution in [2.45, 2.75) is 64.8 Å². The summed E-state index contributed by atoms with van der Waals surface area (Å²) >= 11 is 0. The van der Waals surface area contributed by atoms with Gasteiger partial charge in [-0.25, -0.2) is 0 Å². The largest absolute Gasteiger partial charge is 0.353 e. The summed E-state index contributed by atoms with van der Waals surface area (Å²) in [7, 11) is 0. The SMILES string of the molecule is CCCC(=O)NC1CCCCCC1C. The lowest BCUT2D eigenvalue weighted by atomic mass is 9.97. The topological polar surface area (TPSA) is 29.1 Å². The van der Waals surface area contributed by atoms with Gasteiger partial charge in [0.25, 0.3) is 0 Å². The molecule has 1 aliphatic carbocycles. The number of carbonyl (C=O) groups excluding carboxylic acids is 1. The molecule has 2 atom stereocenters. The molecule has 0 aromatic heterocycles. The van der Waals surface area contributed by atoms with Crippen LogP contribution >= 0.6 is 0 Å². The summed E-state index contributed by atoms with van der Waals surface area (Å²) in [4.78, 5) is 11.5. The minimum absolute atomic E-state index is 0.242. The molecule has 0 aromatic carbocycles. The molecule has 2 heteroatoms. The molecule has 0 aromatic rings. The standard InChI is InChI=1S/C12H23NO/c1-3-7-12(14)13-11-9-6-4-5-8-10(11)2/h10-11H,3-9H2,1-2H3,(H,13,14). The third kappa shape index (κ3) is 3.69. The second-order valence-electron chi connectivity index (χ2n) is 4.54. The Hall–Kier alpha value is -0.530. The molecule has 0 radical (unpaired) electrons. The van der Waals surface area contributed by atoms with Crippen LogP contribution in [0.15, 0.2) is 0 Å². The molecule has 0 bridgehead atoms. The maximum atomic E-state index is 11.5. The van der Waals surface area contributed by atoms with Crippen molar-refractivity contribution in [2.75, 3.05) is 0 Å². The molecule has 2 nitrogen and oxygen atoms in total. The molecule has 82 valence electrons. The zero-order chi connectivity index (χ0) is 10.4.